The van der Waals surface area contributed by atoms with Crippen LogP contribution < -0.4 is 5.32 Å². The molecular formula is C20H23FN2O. The summed E-state index contributed by atoms with van der Waals surface area (Å²) in [5.74, 6) is -0.263. The van der Waals surface area contributed by atoms with Gasteiger partial charge in [-0.15, -0.1) is 0 Å². The van der Waals surface area contributed by atoms with E-state index >= 15 is 0 Å². The molecule has 1 aliphatic carbocycles. The summed E-state index contributed by atoms with van der Waals surface area (Å²) in [6.07, 6.45) is 2.15. The predicted octanol–water partition coefficient (Wildman–Crippen LogP) is 4.05. The second kappa shape index (κ2) is 7.14. The van der Waals surface area contributed by atoms with E-state index in [1.165, 1.54) is 6.07 Å². The summed E-state index contributed by atoms with van der Waals surface area (Å²) in [7, 11) is 0. The minimum Gasteiger partial charge on any atom is -0.325 e. The van der Waals surface area contributed by atoms with E-state index in [9.17, 15) is 9.18 Å². The SMILES string of the molecule is Cc1cc(C)cc(NC(=O)CN(Cc2ccccc2F)C2CC2)c1. The molecule has 0 saturated heterocycles. The van der Waals surface area contributed by atoms with Crippen molar-refractivity contribution in [2.24, 2.45) is 0 Å². The highest BCUT2D eigenvalue weighted by Gasteiger charge is 2.30. The number of carbonyl (C=O) groups excluding carboxylic acids is 1. The summed E-state index contributed by atoms with van der Waals surface area (Å²) in [5.41, 5.74) is 3.70. The number of carbonyl (C=O) groups is 1. The molecule has 2 aromatic carbocycles. The van der Waals surface area contributed by atoms with E-state index in [0.29, 0.717) is 18.2 Å². The van der Waals surface area contributed by atoms with E-state index in [2.05, 4.69) is 16.3 Å². The molecule has 1 amide bonds. The molecule has 1 N–H and O–H groups in total. The molecule has 0 spiro atoms. The molecular weight excluding hydrogens is 303 g/mol. The van der Waals surface area contributed by atoms with Crippen LogP contribution in [0.1, 0.15) is 29.5 Å². The van der Waals surface area contributed by atoms with Gasteiger partial charge in [-0.3, -0.25) is 9.69 Å². The van der Waals surface area contributed by atoms with Crippen LogP contribution in [0.5, 0.6) is 0 Å². The first-order valence-corrected chi connectivity index (χ1v) is 8.37. The highest BCUT2D eigenvalue weighted by atomic mass is 19.1. The molecule has 3 rings (SSSR count). The molecule has 0 aromatic heterocycles. The van der Waals surface area contributed by atoms with Crippen molar-refractivity contribution in [1.29, 1.82) is 0 Å². The standard InChI is InChI=1S/C20H23FN2O/c1-14-9-15(2)11-17(10-14)22-20(24)13-23(18-7-8-18)12-16-5-3-4-6-19(16)21/h3-6,9-11,18H,7-8,12-13H2,1-2H3,(H,22,24). The van der Waals surface area contributed by atoms with Gasteiger partial charge in [0.25, 0.3) is 0 Å². The Labute approximate surface area is 142 Å². The number of aryl methyl sites for hydroxylation is 2. The molecule has 0 bridgehead atoms. The van der Waals surface area contributed by atoms with Gasteiger partial charge in [0.15, 0.2) is 0 Å². The molecule has 0 unspecified atom stereocenters. The summed E-state index contributed by atoms with van der Waals surface area (Å²) in [6.45, 7) is 4.78. The van der Waals surface area contributed by atoms with Crippen LogP contribution in [0.15, 0.2) is 42.5 Å². The Hall–Kier alpha value is -2.20. The lowest BCUT2D eigenvalue weighted by atomic mass is 10.1. The van der Waals surface area contributed by atoms with Gasteiger partial charge in [0.05, 0.1) is 6.54 Å². The average molecular weight is 326 g/mol. The molecule has 0 aliphatic heterocycles. The van der Waals surface area contributed by atoms with Crippen LogP contribution in [0, 0.1) is 19.7 Å². The normalized spacial score (nSPS) is 14.0. The largest absolute Gasteiger partial charge is 0.325 e. The Balaban J connectivity index is 1.65. The first-order chi connectivity index (χ1) is 11.5. The van der Waals surface area contributed by atoms with Gasteiger partial charge in [0, 0.05) is 23.8 Å². The summed E-state index contributed by atoms with van der Waals surface area (Å²) < 4.78 is 13.9. The monoisotopic (exact) mass is 326 g/mol. The molecule has 0 radical (unpaired) electrons. The number of hydrogen-bond acceptors (Lipinski definition) is 2. The number of hydrogen-bond donors (Lipinski definition) is 1. The van der Waals surface area contributed by atoms with Crippen molar-refractivity contribution in [2.75, 3.05) is 11.9 Å². The molecule has 1 aliphatic rings. The first kappa shape index (κ1) is 16.7. The van der Waals surface area contributed by atoms with Crippen molar-refractivity contribution in [3.63, 3.8) is 0 Å². The van der Waals surface area contributed by atoms with Crippen molar-refractivity contribution in [1.82, 2.24) is 4.90 Å². The Morgan fingerprint density at radius 3 is 2.46 bits per heavy atom. The van der Waals surface area contributed by atoms with Crippen molar-refractivity contribution in [2.45, 2.75) is 39.3 Å². The summed E-state index contributed by atoms with van der Waals surface area (Å²) in [5, 5.41) is 2.96. The Morgan fingerprint density at radius 1 is 1.17 bits per heavy atom. The fraction of sp³-hybridized carbons (Fsp3) is 0.350. The van der Waals surface area contributed by atoms with E-state index in [0.717, 1.165) is 29.7 Å². The number of nitrogens with zero attached hydrogens (tertiary/aromatic N) is 1. The van der Waals surface area contributed by atoms with E-state index in [1.807, 2.05) is 32.0 Å². The predicted molar refractivity (Wildman–Crippen MR) is 94.4 cm³/mol. The minimum absolute atomic E-state index is 0.0526. The molecule has 0 heterocycles. The van der Waals surface area contributed by atoms with Crippen LogP contribution in [-0.2, 0) is 11.3 Å². The number of nitrogens with one attached hydrogen (secondary N) is 1. The second-order valence-corrected chi connectivity index (χ2v) is 6.65. The maximum absolute atomic E-state index is 13.9. The number of rotatable bonds is 6. The van der Waals surface area contributed by atoms with Gasteiger partial charge in [0.2, 0.25) is 5.91 Å². The van der Waals surface area contributed by atoms with Gasteiger partial charge in [-0.2, -0.15) is 0 Å². The quantitative estimate of drug-likeness (QED) is 0.869. The molecule has 0 atom stereocenters. The zero-order valence-corrected chi connectivity index (χ0v) is 14.2. The van der Waals surface area contributed by atoms with Gasteiger partial charge >= 0.3 is 0 Å². The Morgan fingerprint density at radius 2 is 1.83 bits per heavy atom. The molecule has 126 valence electrons. The molecule has 3 nitrogen and oxygen atoms in total. The molecule has 1 fully saturated rings. The fourth-order valence-electron chi connectivity index (χ4n) is 3.03. The van der Waals surface area contributed by atoms with Crippen LogP contribution in [-0.4, -0.2) is 23.4 Å². The lowest BCUT2D eigenvalue weighted by Crippen LogP contribution is -2.34. The zero-order chi connectivity index (χ0) is 17.1. The van der Waals surface area contributed by atoms with E-state index in [-0.39, 0.29) is 18.3 Å². The number of halogens is 1. The van der Waals surface area contributed by atoms with Crippen LogP contribution in [0.3, 0.4) is 0 Å². The van der Waals surface area contributed by atoms with E-state index < -0.39 is 0 Å². The topological polar surface area (TPSA) is 32.3 Å². The Bertz CT molecular complexity index is 720. The number of benzene rings is 2. The summed E-state index contributed by atoms with van der Waals surface area (Å²) in [4.78, 5) is 14.5. The van der Waals surface area contributed by atoms with Crippen LogP contribution in [0.25, 0.3) is 0 Å². The number of anilines is 1. The maximum atomic E-state index is 13.9. The van der Waals surface area contributed by atoms with Gasteiger partial charge in [0.1, 0.15) is 5.82 Å². The second-order valence-electron chi connectivity index (χ2n) is 6.65. The lowest BCUT2D eigenvalue weighted by molar-refractivity contribution is -0.117. The van der Waals surface area contributed by atoms with Gasteiger partial charge < -0.3 is 5.32 Å². The van der Waals surface area contributed by atoms with Crippen molar-refractivity contribution in [3.05, 3.63) is 65.0 Å². The van der Waals surface area contributed by atoms with E-state index in [4.69, 9.17) is 0 Å². The highest BCUT2D eigenvalue weighted by Crippen LogP contribution is 2.28. The third kappa shape index (κ3) is 4.42. The molecule has 24 heavy (non-hydrogen) atoms. The van der Waals surface area contributed by atoms with Crippen LogP contribution in [0.2, 0.25) is 0 Å². The number of amides is 1. The van der Waals surface area contributed by atoms with Crippen molar-refractivity contribution in [3.8, 4) is 0 Å². The van der Waals surface area contributed by atoms with Crippen LogP contribution in [0.4, 0.5) is 10.1 Å². The minimum atomic E-state index is -0.210. The summed E-state index contributed by atoms with van der Waals surface area (Å²) >= 11 is 0. The summed E-state index contributed by atoms with van der Waals surface area (Å²) in [6, 6.07) is 13.2. The van der Waals surface area contributed by atoms with E-state index in [1.54, 1.807) is 12.1 Å². The molecule has 4 heteroatoms. The highest BCUT2D eigenvalue weighted by molar-refractivity contribution is 5.92. The van der Waals surface area contributed by atoms with Crippen molar-refractivity contribution < 1.29 is 9.18 Å². The first-order valence-electron chi connectivity index (χ1n) is 8.37. The fourth-order valence-corrected chi connectivity index (χ4v) is 3.03. The van der Waals surface area contributed by atoms with Gasteiger partial charge in [-0.05, 0) is 56.0 Å². The molecule has 1 saturated carbocycles. The third-order valence-corrected chi connectivity index (χ3v) is 4.25. The maximum Gasteiger partial charge on any atom is 0.238 e. The third-order valence-electron chi connectivity index (χ3n) is 4.25. The average Bonchev–Trinajstić information content (AvgIpc) is 3.32. The Kier molecular flexibility index (Phi) is 4.95. The zero-order valence-electron chi connectivity index (χ0n) is 14.2. The van der Waals surface area contributed by atoms with Gasteiger partial charge in [-0.1, -0.05) is 24.3 Å². The van der Waals surface area contributed by atoms with Crippen LogP contribution >= 0.6 is 0 Å². The lowest BCUT2D eigenvalue weighted by Gasteiger charge is -2.22. The molecule has 2 aromatic rings. The van der Waals surface area contributed by atoms with Gasteiger partial charge in [-0.25, -0.2) is 4.39 Å². The van der Waals surface area contributed by atoms with Crippen molar-refractivity contribution >= 4 is 11.6 Å². The smallest absolute Gasteiger partial charge is 0.238 e.